The molecule has 3 rings (SSSR count). The molecule has 1 aliphatic rings. The summed E-state index contributed by atoms with van der Waals surface area (Å²) in [5.74, 6) is 0.770. The summed E-state index contributed by atoms with van der Waals surface area (Å²) < 4.78 is 32.5. The van der Waals surface area contributed by atoms with Crippen LogP contribution in [0.4, 0.5) is 5.69 Å². The summed E-state index contributed by atoms with van der Waals surface area (Å²) in [5.41, 5.74) is 0.578. The van der Waals surface area contributed by atoms with Crippen molar-refractivity contribution in [3.05, 3.63) is 48.7 Å². The van der Waals surface area contributed by atoms with Gasteiger partial charge >= 0.3 is 0 Å². The van der Waals surface area contributed by atoms with Crippen molar-refractivity contribution in [3.8, 4) is 11.6 Å². The highest BCUT2D eigenvalue weighted by Crippen LogP contribution is 2.23. The highest BCUT2D eigenvalue weighted by Gasteiger charge is 2.32. The summed E-state index contributed by atoms with van der Waals surface area (Å²) >= 11 is 0. The first kappa shape index (κ1) is 20.2. The van der Waals surface area contributed by atoms with Gasteiger partial charge in [0.15, 0.2) is 0 Å². The van der Waals surface area contributed by atoms with Crippen LogP contribution in [0, 0.1) is 5.92 Å². The molecule has 1 fully saturated rings. The Bertz CT molecular complexity index is 893. The Morgan fingerprint density at radius 2 is 1.82 bits per heavy atom. The zero-order valence-electron chi connectivity index (χ0n) is 15.9. The number of rotatable bonds is 6. The lowest BCUT2D eigenvalue weighted by atomic mass is 9.97. The number of anilines is 1. The Morgan fingerprint density at radius 3 is 2.39 bits per heavy atom. The number of para-hydroxylation sites is 1. The third-order valence-corrected chi connectivity index (χ3v) is 6.52. The Balaban J connectivity index is 1.53. The van der Waals surface area contributed by atoms with Gasteiger partial charge in [0.25, 0.3) is 10.2 Å². The van der Waals surface area contributed by atoms with E-state index < -0.39 is 10.2 Å². The van der Waals surface area contributed by atoms with Crippen LogP contribution in [0.15, 0.2) is 48.7 Å². The topological polar surface area (TPSA) is 91.8 Å². The summed E-state index contributed by atoms with van der Waals surface area (Å²) in [6.45, 7) is 0.668. The van der Waals surface area contributed by atoms with E-state index in [0.717, 1.165) is 0 Å². The molecule has 0 radical (unpaired) electrons. The number of hydrogen-bond acceptors (Lipinski definition) is 5. The average Bonchev–Trinajstić information content (AvgIpc) is 2.70. The molecule has 1 N–H and O–H groups in total. The molecule has 9 heteroatoms. The molecule has 0 spiro atoms. The zero-order valence-corrected chi connectivity index (χ0v) is 16.7. The highest BCUT2D eigenvalue weighted by atomic mass is 32.2. The van der Waals surface area contributed by atoms with Crippen LogP contribution in [-0.2, 0) is 15.0 Å². The van der Waals surface area contributed by atoms with Crippen LogP contribution < -0.4 is 10.1 Å². The van der Waals surface area contributed by atoms with Gasteiger partial charge in [-0.3, -0.25) is 4.79 Å². The van der Waals surface area contributed by atoms with Crippen LogP contribution >= 0.6 is 0 Å². The van der Waals surface area contributed by atoms with Crippen molar-refractivity contribution in [2.24, 2.45) is 5.92 Å². The second-order valence-corrected chi connectivity index (χ2v) is 8.90. The van der Waals surface area contributed by atoms with Gasteiger partial charge < -0.3 is 10.1 Å². The molecule has 2 heterocycles. The van der Waals surface area contributed by atoms with E-state index in [1.807, 2.05) is 30.3 Å². The van der Waals surface area contributed by atoms with Crippen molar-refractivity contribution in [1.82, 2.24) is 13.6 Å². The largest absolute Gasteiger partial charge is 0.439 e. The number of aromatic nitrogens is 1. The first-order valence-corrected chi connectivity index (χ1v) is 10.4. The minimum atomic E-state index is -3.43. The Hall–Kier alpha value is -2.49. The number of pyridine rings is 1. The van der Waals surface area contributed by atoms with Gasteiger partial charge in [-0.2, -0.15) is 17.0 Å². The predicted octanol–water partition coefficient (Wildman–Crippen LogP) is 2.33. The van der Waals surface area contributed by atoms with E-state index in [1.165, 1.54) is 22.7 Å². The maximum atomic E-state index is 12.5. The van der Waals surface area contributed by atoms with E-state index in [0.29, 0.717) is 43.2 Å². The fourth-order valence-corrected chi connectivity index (χ4v) is 4.08. The Morgan fingerprint density at radius 1 is 1.14 bits per heavy atom. The predicted molar refractivity (Wildman–Crippen MR) is 106 cm³/mol. The number of piperidine rings is 1. The van der Waals surface area contributed by atoms with Crippen molar-refractivity contribution in [2.45, 2.75) is 12.8 Å². The molecule has 1 aromatic carbocycles. The van der Waals surface area contributed by atoms with Gasteiger partial charge in [0.05, 0.1) is 11.9 Å². The Kier molecular flexibility index (Phi) is 6.28. The molecule has 0 atom stereocenters. The van der Waals surface area contributed by atoms with Crippen molar-refractivity contribution in [3.63, 3.8) is 0 Å². The van der Waals surface area contributed by atoms with Gasteiger partial charge in [0.1, 0.15) is 5.75 Å². The van der Waals surface area contributed by atoms with Gasteiger partial charge in [-0.25, -0.2) is 4.98 Å². The standard InChI is InChI=1S/C19H24N4O4S/c1-22(2)28(25,26)23-12-10-15(11-13-23)19(24)21-16-8-9-18(20-14-16)27-17-6-4-3-5-7-17/h3-9,14-15H,10-13H2,1-2H3,(H,21,24). The lowest BCUT2D eigenvalue weighted by Gasteiger charge is -2.32. The molecular weight excluding hydrogens is 380 g/mol. The molecule has 1 amide bonds. The molecule has 0 bridgehead atoms. The zero-order chi connectivity index (χ0) is 20.1. The number of benzene rings is 1. The number of hydrogen-bond donors (Lipinski definition) is 1. The van der Waals surface area contributed by atoms with Gasteiger partial charge in [0.2, 0.25) is 11.8 Å². The summed E-state index contributed by atoms with van der Waals surface area (Å²) in [4.78, 5) is 16.7. The van der Waals surface area contributed by atoms with Gasteiger partial charge in [-0.1, -0.05) is 18.2 Å². The van der Waals surface area contributed by atoms with Crippen LogP contribution in [0.25, 0.3) is 0 Å². The van der Waals surface area contributed by atoms with Crippen molar-refractivity contribution in [2.75, 3.05) is 32.5 Å². The van der Waals surface area contributed by atoms with Crippen molar-refractivity contribution >= 4 is 21.8 Å². The van der Waals surface area contributed by atoms with Crippen LogP contribution in [0.2, 0.25) is 0 Å². The first-order valence-electron chi connectivity index (χ1n) is 9.03. The second kappa shape index (κ2) is 8.68. The minimum Gasteiger partial charge on any atom is -0.439 e. The lowest BCUT2D eigenvalue weighted by Crippen LogP contribution is -2.46. The molecule has 1 aromatic heterocycles. The van der Waals surface area contributed by atoms with Gasteiger partial charge in [-0.05, 0) is 31.0 Å². The van der Waals surface area contributed by atoms with E-state index in [4.69, 9.17) is 4.74 Å². The summed E-state index contributed by atoms with van der Waals surface area (Å²) in [5, 5.41) is 2.84. The number of ether oxygens (including phenoxy) is 1. The van der Waals surface area contributed by atoms with E-state index in [-0.39, 0.29) is 11.8 Å². The minimum absolute atomic E-state index is 0.125. The van der Waals surface area contributed by atoms with Crippen molar-refractivity contribution in [1.29, 1.82) is 0 Å². The normalized spacial score (nSPS) is 16.1. The Labute approximate surface area is 165 Å². The molecule has 150 valence electrons. The SMILES string of the molecule is CN(C)S(=O)(=O)N1CCC(C(=O)Nc2ccc(Oc3ccccc3)nc2)CC1. The smallest absolute Gasteiger partial charge is 0.281 e. The first-order chi connectivity index (χ1) is 13.4. The maximum absolute atomic E-state index is 12.5. The fraction of sp³-hybridized carbons (Fsp3) is 0.368. The molecule has 1 aliphatic heterocycles. The maximum Gasteiger partial charge on any atom is 0.281 e. The van der Waals surface area contributed by atoms with E-state index in [2.05, 4.69) is 10.3 Å². The van der Waals surface area contributed by atoms with Gasteiger partial charge in [0, 0.05) is 39.2 Å². The summed E-state index contributed by atoms with van der Waals surface area (Å²) in [7, 11) is -0.415. The molecule has 0 saturated carbocycles. The summed E-state index contributed by atoms with van der Waals surface area (Å²) in [6.07, 6.45) is 2.52. The van der Waals surface area contributed by atoms with Gasteiger partial charge in [-0.15, -0.1) is 0 Å². The quantitative estimate of drug-likeness (QED) is 0.798. The van der Waals surface area contributed by atoms with Crippen LogP contribution in [0.1, 0.15) is 12.8 Å². The fourth-order valence-electron chi connectivity index (χ4n) is 2.95. The molecular formula is C19H24N4O4S. The molecule has 1 saturated heterocycles. The molecule has 0 unspecified atom stereocenters. The number of carbonyl (C=O) groups excluding carboxylic acids is 1. The highest BCUT2D eigenvalue weighted by molar-refractivity contribution is 7.86. The average molecular weight is 404 g/mol. The number of amides is 1. The van der Waals surface area contributed by atoms with E-state index in [9.17, 15) is 13.2 Å². The number of nitrogens with one attached hydrogen (secondary N) is 1. The van der Waals surface area contributed by atoms with Crippen LogP contribution in [0.5, 0.6) is 11.6 Å². The third kappa shape index (κ3) is 4.86. The number of nitrogens with zero attached hydrogens (tertiary/aromatic N) is 3. The second-order valence-electron chi connectivity index (χ2n) is 6.75. The summed E-state index contributed by atoms with van der Waals surface area (Å²) in [6, 6.07) is 12.7. The monoisotopic (exact) mass is 404 g/mol. The third-order valence-electron chi connectivity index (χ3n) is 4.58. The molecule has 2 aromatic rings. The van der Waals surface area contributed by atoms with Crippen molar-refractivity contribution < 1.29 is 17.9 Å². The lowest BCUT2D eigenvalue weighted by molar-refractivity contribution is -0.120. The molecule has 28 heavy (non-hydrogen) atoms. The molecule has 0 aliphatic carbocycles. The van der Waals surface area contributed by atoms with E-state index in [1.54, 1.807) is 18.3 Å². The van der Waals surface area contributed by atoms with Crippen LogP contribution in [-0.4, -0.2) is 55.1 Å². The van der Waals surface area contributed by atoms with E-state index >= 15 is 0 Å². The molecule has 8 nitrogen and oxygen atoms in total. The number of carbonyl (C=O) groups is 1. The van der Waals surface area contributed by atoms with Crippen LogP contribution in [0.3, 0.4) is 0 Å².